The van der Waals surface area contributed by atoms with E-state index in [1.54, 1.807) is 0 Å². The maximum atomic E-state index is 5.53. The summed E-state index contributed by atoms with van der Waals surface area (Å²) in [5.41, 5.74) is 3.97. The number of hydrogen-bond acceptors (Lipinski definition) is 4. The number of nitrogens with zero attached hydrogens (tertiary/aromatic N) is 2. The van der Waals surface area contributed by atoms with Crippen LogP contribution in [-0.4, -0.2) is 21.5 Å². The van der Waals surface area contributed by atoms with Gasteiger partial charge in [0.05, 0.1) is 17.6 Å². The lowest BCUT2D eigenvalue weighted by Gasteiger charge is -2.13. The van der Waals surface area contributed by atoms with E-state index in [4.69, 9.17) is 26.7 Å². The maximum absolute atomic E-state index is 5.53. The molecule has 0 spiro atoms. The van der Waals surface area contributed by atoms with Crippen molar-refractivity contribution in [2.75, 3.05) is 17.4 Å². The van der Waals surface area contributed by atoms with Crippen LogP contribution >= 0.6 is 12.2 Å². The normalized spacial score (nSPS) is 12.1. The van der Waals surface area contributed by atoms with Gasteiger partial charge in [-0.05, 0) is 42.0 Å². The topological polar surface area (TPSA) is 60.3 Å². The molecule has 29 heavy (non-hydrogen) atoms. The van der Waals surface area contributed by atoms with Crippen LogP contribution in [-0.2, 0) is 6.54 Å². The number of fused-ring (bicyclic) bond motifs is 2. The second-order valence-electron chi connectivity index (χ2n) is 6.64. The summed E-state index contributed by atoms with van der Waals surface area (Å²) < 4.78 is 12.9. The smallest absolute Gasteiger partial charge is 0.231 e. The molecule has 0 saturated carbocycles. The Morgan fingerprint density at radius 3 is 2.62 bits per heavy atom. The van der Waals surface area contributed by atoms with Gasteiger partial charge >= 0.3 is 0 Å². The first-order chi connectivity index (χ1) is 14.3. The first-order valence-corrected chi connectivity index (χ1v) is 9.64. The molecule has 5 rings (SSSR count). The molecule has 0 radical (unpaired) electrons. The van der Waals surface area contributed by atoms with Gasteiger partial charge in [-0.15, -0.1) is 0 Å². The zero-order chi connectivity index (χ0) is 19.6. The van der Waals surface area contributed by atoms with Crippen molar-refractivity contribution in [3.05, 3.63) is 78.4 Å². The number of ether oxygens (including phenoxy) is 2. The minimum atomic E-state index is 0.241. The number of imidazole rings is 1. The van der Waals surface area contributed by atoms with Gasteiger partial charge in [0.25, 0.3) is 0 Å². The molecule has 1 aliphatic rings. The SMILES string of the molecule is S=C(Nc1ccc2c(c1)OCO2)Nc1nc2ccccc2n1Cc1ccccc1. The van der Waals surface area contributed by atoms with E-state index in [0.29, 0.717) is 23.4 Å². The molecule has 0 aliphatic carbocycles. The Kier molecular flexibility index (Phi) is 4.50. The summed E-state index contributed by atoms with van der Waals surface area (Å²) in [6.07, 6.45) is 0. The lowest BCUT2D eigenvalue weighted by Crippen LogP contribution is -2.21. The number of nitrogens with one attached hydrogen (secondary N) is 2. The molecule has 2 heterocycles. The fourth-order valence-electron chi connectivity index (χ4n) is 3.34. The number of thiocarbonyl (C=S) groups is 1. The molecule has 0 amide bonds. The third-order valence-electron chi connectivity index (χ3n) is 4.69. The van der Waals surface area contributed by atoms with Crippen molar-refractivity contribution < 1.29 is 9.47 Å². The molecule has 0 bridgehead atoms. The van der Waals surface area contributed by atoms with Crippen LogP contribution in [0, 0.1) is 0 Å². The van der Waals surface area contributed by atoms with E-state index in [2.05, 4.69) is 33.4 Å². The van der Waals surface area contributed by atoms with Crippen LogP contribution in [0.2, 0.25) is 0 Å². The van der Waals surface area contributed by atoms with Crippen LogP contribution in [0.3, 0.4) is 0 Å². The van der Waals surface area contributed by atoms with Crippen LogP contribution in [0.4, 0.5) is 11.6 Å². The molecular weight excluding hydrogens is 384 g/mol. The third-order valence-corrected chi connectivity index (χ3v) is 4.90. The lowest BCUT2D eigenvalue weighted by atomic mass is 10.2. The molecule has 3 aromatic carbocycles. The molecule has 1 aromatic heterocycles. The van der Waals surface area contributed by atoms with Gasteiger partial charge in [-0.25, -0.2) is 4.98 Å². The molecular formula is C22H18N4O2S. The Morgan fingerprint density at radius 2 is 1.72 bits per heavy atom. The minimum Gasteiger partial charge on any atom is -0.454 e. The number of rotatable bonds is 4. The quantitative estimate of drug-likeness (QED) is 0.486. The molecule has 4 aromatic rings. The average molecular weight is 402 g/mol. The second kappa shape index (κ2) is 7.44. The predicted octanol–water partition coefficient (Wildman–Crippen LogP) is 4.62. The van der Waals surface area contributed by atoms with Gasteiger partial charge in [0.2, 0.25) is 12.7 Å². The second-order valence-corrected chi connectivity index (χ2v) is 7.05. The highest BCUT2D eigenvalue weighted by Crippen LogP contribution is 2.34. The van der Waals surface area contributed by atoms with E-state index in [1.807, 2.05) is 54.6 Å². The number of anilines is 2. The van der Waals surface area contributed by atoms with Gasteiger partial charge in [0.1, 0.15) is 0 Å². The summed E-state index contributed by atoms with van der Waals surface area (Å²) in [4.78, 5) is 4.73. The molecule has 0 fully saturated rings. The van der Waals surface area contributed by atoms with Crippen molar-refractivity contribution >= 4 is 40.0 Å². The number of aromatic nitrogens is 2. The van der Waals surface area contributed by atoms with Crippen molar-refractivity contribution in [3.8, 4) is 11.5 Å². The number of hydrogen-bond donors (Lipinski definition) is 2. The summed E-state index contributed by atoms with van der Waals surface area (Å²) in [7, 11) is 0. The molecule has 0 atom stereocenters. The van der Waals surface area contributed by atoms with Crippen LogP contribution in [0.1, 0.15) is 5.56 Å². The van der Waals surface area contributed by atoms with Crippen molar-refractivity contribution in [3.63, 3.8) is 0 Å². The molecule has 1 aliphatic heterocycles. The zero-order valence-electron chi connectivity index (χ0n) is 15.5. The van der Waals surface area contributed by atoms with Gasteiger partial charge in [-0.1, -0.05) is 42.5 Å². The van der Waals surface area contributed by atoms with Crippen LogP contribution < -0.4 is 20.1 Å². The first kappa shape index (κ1) is 17.5. The fourth-order valence-corrected chi connectivity index (χ4v) is 3.54. The van der Waals surface area contributed by atoms with Crippen LogP contribution in [0.15, 0.2) is 72.8 Å². The molecule has 6 nitrogen and oxygen atoms in total. The van der Waals surface area contributed by atoms with Gasteiger partial charge in [-0.3, -0.25) is 0 Å². The summed E-state index contributed by atoms with van der Waals surface area (Å²) in [6, 6.07) is 24.0. The number of benzene rings is 3. The molecule has 7 heteroatoms. The Balaban J connectivity index is 1.40. The Bertz CT molecular complexity index is 1190. The van der Waals surface area contributed by atoms with E-state index in [9.17, 15) is 0 Å². The Labute approximate surface area is 173 Å². The first-order valence-electron chi connectivity index (χ1n) is 9.23. The summed E-state index contributed by atoms with van der Waals surface area (Å²) in [6.45, 7) is 0.932. The summed E-state index contributed by atoms with van der Waals surface area (Å²) >= 11 is 5.53. The Morgan fingerprint density at radius 1 is 0.931 bits per heavy atom. The van der Waals surface area contributed by atoms with E-state index < -0.39 is 0 Å². The van der Waals surface area contributed by atoms with Crippen molar-refractivity contribution in [2.24, 2.45) is 0 Å². The highest BCUT2D eigenvalue weighted by atomic mass is 32.1. The third kappa shape index (κ3) is 3.60. The van der Waals surface area contributed by atoms with Crippen molar-refractivity contribution in [1.82, 2.24) is 9.55 Å². The average Bonchev–Trinajstić information content (AvgIpc) is 3.33. The molecule has 0 unspecified atom stereocenters. The van der Waals surface area contributed by atoms with Crippen LogP contribution in [0.5, 0.6) is 11.5 Å². The maximum Gasteiger partial charge on any atom is 0.231 e. The minimum absolute atomic E-state index is 0.241. The van der Waals surface area contributed by atoms with E-state index in [-0.39, 0.29) is 6.79 Å². The zero-order valence-corrected chi connectivity index (χ0v) is 16.3. The molecule has 2 N–H and O–H groups in total. The van der Waals surface area contributed by atoms with Crippen molar-refractivity contribution in [2.45, 2.75) is 6.54 Å². The summed E-state index contributed by atoms with van der Waals surface area (Å²) in [5, 5.41) is 6.88. The molecule has 0 saturated heterocycles. The Hall–Kier alpha value is -3.58. The van der Waals surface area contributed by atoms with E-state index >= 15 is 0 Å². The van der Waals surface area contributed by atoms with Gasteiger partial charge in [0, 0.05) is 11.8 Å². The standard InChI is InChI=1S/C22H18N4O2S/c29-22(23-16-10-11-19-20(12-16)28-14-27-19)25-21-24-17-8-4-5-9-18(17)26(21)13-15-6-2-1-3-7-15/h1-12H,13-14H2,(H2,23,24,25,29). The highest BCUT2D eigenvalue weighted by Gasteiger charge is 2.15. The van der Waals surface area contributed by atoms with E-state index in [1.165, 1.54) is 5.56 Å². The summed E-state index contributed by atoms with van der Waals surface area (Å²) in [5.74, 6) is 2.13. The largest absolute Gasteiger partial charge is 0.454 e. The predicted molar refractivity (Wildman–Crippen MR) is 118 cm³/mol. The van der Waals surface area contributed by atoms with Crippen LogP contribution in [0.25, 0.3) is 11.0 Å². The van der Waals surface area contributed by atoms with Gasteiger partial charge in [0.15, 0.2) is 16.6 Å². The molecule has 144 valence electrons. The van der Waals surface area contributed by atoms with E-state index in [0.717, 1.165) is 22.5 Å². The monoisotopic (exact) mass is 402 g/mol. The van der Waals surface area contributed by atoms with Crippen molar-refractivity contribution in [1.29, 1.82) is 0 Å². The van der Waals surface area contributed by atoms with Gasteiger partial charge in [-0.2, -0.15) is 0 Å². The number of para-hydroxylation sites is 2. The van der Waals surface area contributed by atoms with Gasteiger partial charge < -0.3 is 24.7 Å². The lowest BCUT2D eigenvalue weighted by molar-refractivity contribution is 0.174. The fraction of sp³-hybridized carbons (Fsp3) is 0.0909. The highest BCUT2D eigenvalue weighted by molar-refractivity contribution is 7.80.